The molecule has 140 valence electrons. The van der Waals surface area contributed by atoms with Crippen LogP contribution >= 0.6 is 0 Å². The summed E-state index contributed by atoms with van der Waals surface area (Å²) in [6, 6.07) is 6.45. The van der Waals surface area contributed by atoms with E-state index in [4.69, 9.17) is 5.73 Å². The minimum atomic E-state index is -0.582. The largest absolute Gasteiger partial charge is 0.366 e. The van der Waals surface area contributed by atoms with E-state index in [9.17, 15) is 14.4 Å². The molecule has 0 saturated carbocycles. The van der Waals surface area contributed by atoms with Gasteiger partial charge >= 0.3 is 0 Å². The van der Waals surface area contributed by atoms with Crippen molar-refractivity contribution in [1.29, 1.82) is 0 Å². The molecule has 1 aromatic carbocycles. The van der Waals surface area contributed by atoms with Crippen molar-refractivity contribution in [3.63, 3.8) is 0 Å². The van der Waals surface area contributed by atoms with Crippen molar-refractivity contribution in [3.8, 4) is 0 Å². The van der Waals surface area contributed by atoms with Gasteiger partial charge in [-0.15, -0.1) is 0 Å². The number of nitrogens with one attached hydrogen (secondary N) is 1. The Kier molecular flexibility index (Phi) is 5.88. The highest BCUT2D eigenvalue weighted by atomic mass is 16.2. The van der Waals surface area contributed by atoms with Gasteiger partial charge in [0.1, 0.15) is 0 Å². The maximum atomic E-state index is 12.8. The zero-order chi connectivity index (χ0) is 18.5. The first-order valence-electron chi connectivity index (χ1n) is 9.28. The first-order valence-corrected chi connectivity index (χ1v) is 9.28. The number of primary amides is 1. The van der Waals surface area contributed by atoms with Crippen molar-refractivity contribution in [2.75, 3.05) is 31.5 Å². The number of rotatable bonds is 5. The number of likely N-dealkylation sites (tertiary alicyclic amines) is 2. The van der Waals surface area contributed by atoms with Crippen molar-refractivity contribution in [2.45, 2.75) is 38.1 Å². The minimum absolute atomic E-state index is 0.136. The van der Waals surface area contributed by atoms with E-state index < -0.39 is 5.91 Å². The van der Waals surface area contributed by atoms with Crippen LogP contribution < -0.4 is 11.1 Å². The Morgan fingerprint density at radius 3 is 2.46 bits per heavy atom. The van der Waals surface area contributed by atoms with Crippen LogP contribution in [0.1, 0.15) is 42.5 Å². The van der Waals surface area contributed by atoms with Crippen molar-refractivity contribution in [3.05, 3.63) is 29.8 Å². The molecule has 3 amide bonds. The van der Waals surface area contributed by atoms with Crippen LogP contribution in [0.2, 0.25) is 0 Å². The van der Waals surface area contributed by atoms with Crippen LogP contribution in [0.15, 0.2) is 24.3 Å². The summed E-state index contributed by atoms with van der Waals surface area (Å²) in [5.74, 6) is -0.673. The lowest BCUT2D eigenvalue weighted by atomic mass is 10.0. The molecule has 1 atom stereocenters. The molecule has 0 radical (unpaired) electrons. The summed E-state index contributed by atoms with van der Waals surface area (Å²) in [4.78, 5) is 40.7. The van der Waals surface area contributed by atoms with E-state index in [1.54, 1.807) is 24.3 Å². The van der Waals surface area contributed by atoms with Crippen LogP contribution in [-0.2, 0) is 9.59 Å². The number of benzene rings is 1. The highest BCUT2D eigenvalue weighted by Gasteiger charge is 2.33. The van der Waals surface area contributed by atoms with Crippen molar-refractivity contribution >= 4 is 23.4 Å². The van der Waals surface area contributed by atoms with Crippen LogP contribution in [0.25, 0.3) is 0 Å². The van der Waals surface area contributed by atoms with E-state index >= 15 is 0 Å². The second kappa shape index (κ2) is 8.31. The highest BCUT2D eigenvalue weighted by molar-refractivity contribution is 6.03. The summed E-state index contributed by atoms with van der Waals surface area (Å²) in [6.45, 7) is 2.51. The summed E-state index contributed by atoms with van der Waals surface area (Å²) in [5, 5.41) is 2.76. The molecular formula is C19H26N4O3. The smallest absolute Gasteiger partial charge is 0.250 e. The summed E-state index contributed by atoms with van der Waals surface area (Å²) < 4.78 is 0. The normalized spacial score (nSPS) is 20.8. The molecule has 1 aromatic rings. The highest BCUT2D eigenvalue weighted by Crippen LogP contribution is 2.21. The van der Waals surface area contributed by atoms with Gasteiger partial charge in [-0.05, 0) is 44.4 Å². The average Bonchev–Trinajstić information content (AvgIpc) is 3.16. The molecule has 2 aliphatic heterocycles. The number of hydrogen-bond acceptors (Lipinski definition) is 4. The molecule has 2 heterocycles. The van der Waals surface area contributed by atoms with Gasteiger partial charge in [-0.3, -0.25) is 19.3 Å². The van der Waals surface area contributed by atoms with Crippen LogP contribution in [0.5, 0.6) is 0 Å². The summed E-state index contributed by atoms with van der Waals surface area (Å²) in [5.41, 5.74) is 6.04. The molecule has 0 aliphatic carbocycles. The zero-order valence-corrected chi connectivity index (χ0v) is 14.9. The Morgan fingerprint density at radius 2 is 1.73 bits per heavy atom. The molecule has 2 saturated heterocycles. The number of nitrogens with zero attached hydrogens (tertiary/aromatic N) is 2. The fourth-order valence-corrected chi connectivity index (χ4v) is 3.79. The van der Waals surface area contributed by atoms with E-state index in [1.165, 1.54) is 0 Å². The molecule has 0 bridgehead atoms. The average molecular weight is 358 g/mol. The van der Waals surface area contributed by atoms with Gasteiger partial charge in [0.2, 0.25) is 11.8 Å². The number of carbonyl (C=O) groups is 3. The third-order valence-electron chi connectivity index (χ3n) is 5.13. The molecule has 2 fully saturated rings. The van der Waals surface area contributed by atoms with Gasteiger partial charge in [0, 0.05) is 13.1 Å². The number of amides is 3. The number of hydrogen-bond donors (Lipinski definition) is 2. The summed E-state index contributed by atoms with van der Waals surface area (Å²) >= 11 is 0. The van der Waals surface area contributed by atoms with Crippen LogP contribution in [-0.4, -0.2) is 59.7 Å². The van der Waals surface area contributed by atoms with E-state index in [2.05, 4.69) is 5.32 Å². The third-order valence-corrected chi connectivity index (χ3v) is 5.13. The van der Waals surface area contributed by atoms with Gasteiger partial charge in [0.05, 0.1) is 23.8 Å². The Balaban J connectivity index is 1.65. The number of para-hydroxylation sites is 1. The Morgan fingerprint density at radius 1 is 1.04 bits per heavy atom. The molecule has 3 rings (SSSR count). The molecule has 26 heavy (non-hydrogen) atoms. The van der Waals surface area contributed by atoms with Crippen molar-refractivity contribution in [1.82, 2.24) is 9.80 Å². The Bertz CT molecular complexity index is 685. The van der Waals surface area contributed by atoms with Crippen molar-refractivity contribution < 1.29 is 14.4 Å². The fraction of sp³-hybridized carbons (Fsp3) is 0.526. The summed E-state index contributed by atoms with van der Waals surface area (Å²) in [6.07, 6.45) is 4.90. The number of piperidine rings is 1. The molecular weight excluding hydrogens is 332 g/mol. The Labute approximate surface area is 153 Å². The monoisotopic (exact) mass is 358 g/mol. The molecule has 1 unspecified atom stereocenters. The number of anilines is 1. The van der Waals surface area contributed by atoms with E-state index in [0.29, 0.717) is 5.69 Å². The maximum absolute atomic E-state index is 12.8. The van der Waals surface area contributed by atoms with E-state index in [-0.39, 0.29) is 30.0 Å². The van der Waals surface area contributed by atoms with Crippen LogP contribution in [0.4, 0.5) is 5.69 Å². The molecule has 7 nitrogen and oxygen atoms in total. The second-order valence-corrected chi connectivity index (χ2v) is 6.97. The standard InChI is InChI=1S/C19H26N4O3/c20-18(25)14-7-1-2-8-15(14)21-17(24)13-23-12-4-3-9-16(23)19(26)22-10-5-6-11-22/h1-2,7-8,16H,3-6,9-13H2,(H2,20,25)(H,21,24). The zero-order valence-electron chi connectivity index (χ0n) is 14.9. The molecule has 0 aromatic heterocycles. The summed E-state index contributed by atoms with van der Waals surface area (Å²) in [7, 11) is 0. The SMILES string of the molecule is NC(=O)c1ccccc1NC(=O)CN1CCCCC1C(=O)N1CCCC1. The number of nitrogens with two attached hydrogens (primary N) is 1. The molecule has 3 N–H and O–H groups in total. The van der Waals surface area contributed by atoms with Crippen LogP contribution in [0.3, 0.4) is 0 Å². The van der Waals surface area contributed by atoms with Gasteiger partial charge < -0.3 is 16.0 Å². The first-order chi connectivity index (χ1) is 12.6. The fourth-order valence-electron chi connectivity index (χ4n) is 3.79. The predicted octanol–water partition coefficient (Wildman–Crippen LogP) is 1.20. The third kappa shape index (κ3) is 4.22. The molecule has 7 heteroatoms. The van der Waals surface area contributed by atoms with Crippen molar-refractivity contribution in [2.24, 2.45) is 5.73 Å². The van der Waals surface area contributed by atoms with Gasteiger partial charge in [-0.2, -0.15) is 0 Å². The van der Waals surface area contributed by atoms with Gasteiger partial charge in [0.15, 0.2) is 0 Å². The minimum Gasteiger partial charge on any atom is -0.366 e. The lowest BCUT2D eigenvalue weighted by molar-refractivity contribution is -0.137. The topological polar surface area (TPSA) is 95.7 Å². The predicted molar refractivity (Wildman–Crippen MR) is 98.6 cm³/mol. The van der Waals surface area contributed by atoms with Gasteiger partial charge in [-0.25, -0.2) is 0 Å². The van der Waals surface area contributed by atoms with Gasteiger partial charge in [-0.1, -0.05) is 18.6 Å². The van der Waals surface area contributed by atoms with Gasteiger partial charge in [0.25, 0.3) is 5.91 Å². The molecule has 0 spiro atoms. The lowest BCUT2D eigenvalue weighted by Crippen LogP contribution is -2.52. The Hall–Kier alpha value is -2.41. The lowest BCUT2D eigenvalue weighted by Gasteiger charge is -2.36. The second-order valence-electron chi connectivity index (χ2n) is 6.97. The number of carbonyl (C=O) groups excluding carboxylic acids is 3. The van der Waals surface area contributed by atoms with E-state index in [1.807, 2.05) is 9.80 Å². The quantitative estimate of drug-likeness (QED) is 0.827. The molecule has 2 aliphatic rings. The first kappa shape index (κ1) is 18.4. The van der Waals surface area contributed by atoms with Crippen LogP contribution in [0, 0.1) is 0 Å². The van der Waals surface area contributed by atoms with E-state index in [0.717, 1.165) is 51.7 Å². The maximum Gasteiger partial charge on any atom is 0.250 e.